The number of hydrogen-bond donors (Lipinski definition) is 2. The van der Waals surface area contributed by atoms with Crippen LogP contribution in [0.3, 0.4) is 0 Å². The summed E-state index contributed by atoms with van der Waals surface area (Å²) in [6, 6.07) is 5.81. The Labute approximate surface area is 119 Å². The maximum absolute atomic E-state index is 5.63. The minimum atomic E-state index is 0.632. The number of nitrogens with one attached hydrogen (secondary N) is 2. The molecular weight excluding hydrogens is 254 g/mol. The summed E-state index contributed by atoms with van der Waals surface area (Å²) in [5, 5.41) is 10.3. The van der Waals surface area contributed by atoms with E-state index in [1.807, 2.05) is 45.2 Å². The summed E-state index contributed by atoms with van der Waals surface area (Å²) in [6.45, 7) is 7.92. The fourth-order valence-corrected chi connectivity index (χ4v) is 1.93. The molecule has 0 amide bonds. The van der Waals surface area contributed by atoms with Crippen LogP contribution < -0.4 is 14.8 Å². The number of H-pyrrole nitrogens is 1. The predicted molar refractivity (Wildman–Crippen MR) is 79.4 cm³/mol. The molecule has 0 aliphatic heterocycles. The largest absolute Gasteiger partial charge is 0.494 e. The van der Waals surface area contributed by atoms with Crippen molar-refractivity contribution < 1.29 is 9.47 Å². The van der Waals surface area contributed by atoms with Crippen molar-refractivity contribution in [1.82, 2.24) is 10.2 Å². The average Bonchev–Trinajstić information content (AvgIpc) is 2.85. The van der Waals surface area contributed by atoms with Crippen LogP contribution in [0.2, 0.25) is 0 Å². The van der Waals surface area contributed by atoms with E-state index < -0.39 is 0 Å². The smallest absolute Gasteiger partial charge is 0.142 e. The lowest BCUT2D eigenvalue weighted by molar-refractivity contribution is 0.332. The molecule has 0 saturated heterocycles. The molecular formula is C15H21N3O2. The minimum absolute atomic E-state index is 0.632. The van der Waals surface area contributed by atoms with Crippen LogP contribution >= 0.6 is 0 Å². The summed E-state index contributed by atoms with van der Waals surface area (Å²) in [4.78, 5) is 0. The fourth-order valence-electron chi connectivity index (χ4n) is 1.93. The normalized spacial score (nSPS) is 10.3. The van der Waals surface area contributed by atoms with Gasteiger partial charge in [0.15, 0.2) is 0 Å². The van der Waals surface area contributed by atoms with Gasteiger partial charge in [-0.2, -0.15) is 5.10 Å². The number of rotatable bonds is 7. The summed E-state index contributed by atoms with van der Waals surface area (Å²) in [5.41, 5.74) is 3.13. The van der Waals surface area contributed by atoms with Crippen LogP contribution in [-0.2, 0) is 6.54 Å². The van der Waals surface area contributed by atoms with E-state index in [0.29, 0.717) is 19.8 Å². The first-order valence-corrected chi connectivity index (χ1v) is 6.87. The van der Waals surface area contributed by atoms with Crippen LogP contribution in [0.4, 0.5) is 5.69 Å². The summed E-state index contributed by atoms with van der Waals surface area (Å²) in [6.07, 6.45) is 1.83. The van der Waals surface area contributed by atoms with Crippen LogP contribution in [0.1, 0.15) is 25.1 Å². The second-order valence-electron chi connectivity index (χ2n) is 4.40. The molecule has 108 valence electrons. The van der Waals surface area contributed by atoms with Crippen molar-refractivity contribution in [1.29, 1.82) is 0 Å². The molecule has 1 aromatic heterocycles. The molecule has 0 saturated carbocycles. The van der Waals surface area contributed by atoms with Crippen LogP contribution in [0.5, 0.6) is 11.5 Å². The Kier molecular flexibility index (Phi) is 4.87. The molecule has 5 nitrogen and oxygen atoms in total. The number of aromatic amines is 1. The van der Waals surface area contributed by atoms with Crippen LogP contribution in [0, 0.1) is 6.92 Å². The number of ether oxygens (including phenoxy) is 2. The Hall–Kier alpha value is -2.17. The maximum atomic E-state index is 5.63. The van der Waals surface area contributed by atoms with Gasteiger partial charge in [0.25, 0.3) is 0 Å². The number of aryl methyl sites for hydroxylation is 1. The van der Waals surface area contributed by atoms with E-state index in [2.05, 4.69) is 15.5 Å². The third-order valence-electron chi connectivity index (χ3n) is 2.97. The van der Waals surface area contributed by atoms with Gasteiger partial charge in [-0.05, 0) is 32.9 Å². The van der Waals surface area contributed by atoms with Crippen molar-refractivity contribution in [2.45, 2.75) is 27.3 Å². The zero-order valence-electron chi connectivity index (χ0n) is 12.2. The zero-order valence-corrected chi connectivity index (χ0v) is 12.2. The molecule has 0 aliphatic rings. The summed E-state index contributed by atoms with van der Waals surface area (Å²) in [5.74, 6) is 1.67. The second kappa shape index (κ2) is 6.84. The average molecular weight is 275 g/mol. The number of benzene rings is 1. The van der Waals surface area contributed by atoms with Crippen LogP contribution in [0.25, 0.3) is 0 Å². The maximum Gasteiger partial charge on any atom is 0.142 e. The molecule has 0 bridgehead atoms. The Morgan fingerprint density at radius 3 is 2.65 bits per heavy atom. The lowest BCUT2D eigenvalue weighted by Crippen LogP contribution is -2.04. The summed E-state index contributed by atoms with van der Waals surface area (Å²) in [7, 11) is 0. The molecule has 20 heavy (non-hydrogen) atoms. The molecule has 0 unspecified atom stereocenters. The van der Waals surface area contributed by atoms with E-state index in [1.54, 1.807) is 0 Å². The molecule has 0 fully saturated rings. The molecule has 1 heterocycles. The number of nitrogens with zero attached hydrogens (tertiary/aromatic N) is 1. The molecule has 5 heteroatoms. The van der Waals surface area contributed by atoms with Gasteiger partial charge in [-0.1, -0.05) is 0 Å². The summed E-state index contributed by atoms with van der Waals surface area (Å²) < 4.78 is 11.2. The van der Waals surface area contributed by atoms with Crippen molar-refractivity contribution in [3.05, 3.63) is 35.7 Å². The van der Waals surface area contributed by atoms with Gasteiger partial charge >= 0.3 is 0 Å². The zero-order chi connectivity index (χ0) is 14.4. The van der Waals surface area contributed by atoms with Gasteiger partial charge in [0.2, 0.25) is 0 Å². The quantitative estimate of drug-likeness (QED) is 0.815. The van der Waals surface area contributed by atoms with Crippen molar-refractivity contribution in [2.75, 3.05) is 18.5 Å². The van der Waals surface area contributed by atoms with E-state index in [4.69, 9.17) is 9.47 Å². The third-order valence-corrected chi connectivity index (χ3v) is 2.97. The monoisotopic (exact) mass is 275 g/mol. The fraction of sp³-hybridized carbons (Fsp3) is 0.400. The second-order valence-corrected chi connectivity index (χ2v) is 4.40. The van der Waals surface area contributed by atoms with Gasteiger partial charge in [0, 0.05) is 23.9 Å². The van der Waals surface area contributed by atoms with E-state index >= 15 is 0 Å². The SMILES string of the molecule is CCOc1ccc(OCC)c(NCc2cn[nH]c2C)c1. The highest BCUT2D eigenvalue weighted by Crippen LogP contribution is 2.30. The molecule has 0 radical (unpaired) electrons. The van der Waals surface area contributed by atoms with Crippen LogP contribution in [0.15, 0.2) is 24.4 Å². The van der Waals surface area contributed by atoms with Gasteiger partial charge in [0.05, 0.1) is 25.1 Å². The summed E-state index contributed by atoms with van der Waals surface area (Å²) >= 11 is 0. The first-order chi connectivity index (χ1) is 9.74. The highest BCUT2D eigenvalue weighted by molar-refractivity contribution is 5.60. The molecule has 2 rings (SSSR count). The Bertz CT molecular complexity index is 552. The van der Waals surface area contributed by atoms with Gasteiger partial charge < -0.3 is 14.8 Å². The Morgan fingerprint density at radius 1 is 1.20 bits per heavy atom. The number of anilines is 1. The topological polar surface area (TPSA) is 59.2 Å². The lowest BCUT2D eigenvalue weighted by Gasteiger charge is -2.14. The van der Waals surface area contributed by atoms with Gasteiger partial charge in [0.1, 0.15) is 11.5 Å². The van der Waals surface area contributed by atoms with E-state index in [0.717, 1.165) is 28.4 Å². The van der Waals surface area contributed by atoms with Crippen molar-refractivity contribution >= 4 is 5.69 Å². The molecule has 0 atom stereocenters. The van der Waals surface area contributed by atoms with E-state index in [9.17, 15) is 0 Å². The first-order valence-electron chi connectivity index (χ1n) is 6.87. The first kappa shape index (κ1) is 14.2. The van der Waals surface area contributed by atoms with Crippen molar-refractivity contribution in [3.63, 3.8) is 0 Å². The molecule has 1 aromatic carbocycles. The van der Waals surface area contributed by atoms with Gasteiger partial charge in [-0.15, -0.1) is 0 Å². The van der Waals surface area contributed by atoms with Gasteiger partial charge in [-0.3, -0.25) is 5.10 Å². The van der Waals surface area contributed by atoms with Crippen molar-refractivity contribution in [2.24, 2.45) is 0 Å². The minimum Gasteiger partial charge on any atom is -0.494 e. The Morgan fingerprint density at radius 2 is 2.00 bits per heavy atom. The van der Waals surface area contributed by atoms with Crippen LogP contribution in [-0.4, -0.2) is 23.4 Å². The van der Waals surface area contributed by atoms with Crippen molar-refractivity contribution in [3.8, 4) is 11.5 Å². The number of aromatic nitrogens is 2. The highest BCUT2D eigenvalue weighted by atomic mass is 16.5. The number of hydrogen-bond acceptors (Lipinski definition) is 4. The lowest BCUT2D eigenvalue weighted by atomic mass is 10.2. The predicted octanol–water partition coefficient (Wildman–Crippen LogP) is 3.13. The van der Waals surface area contributed by atoms with Gasteiger partial charge in [-0.25, -0.2) is 0 Å². The van der Waals surface area contributed by atoms with E-state index in [-0.39, 0.29) is 0 Å². The molecule has 2 N–H and O–H groups in total. The Balaban J connectivity index is 2.14. The van der Waals surface area contributed by atoms with E-state index in [1.165, 1.54) is 0 Å². The third kappa shape index (κ3) is 3.44. The highest BCUT2D eigenvalue weighted by Gasteiger charge is 2.07. The molecule has 0 aliphatic carbocycles. The molecule has 0 spiro atoms. The molecule has 2 aromatic rings. The standard InChI is InChI=1S/C15H21N3O2/c1-4-19-13-6-7-15(20-5-2)14(8-13)16-9-12-10-17-18-11(12)3/h6-8,10,16H,4-5,9H2,1-3H3,(H,17,18).